The van der Waals surface area contributed by atoms with Gasteiger partial charge < -0.3 is 9.15 Å². The monoisotopic (exact) mass is 300 g/mol. The molecule has 1 aromatic heterocycles. The highest BCUT2D eigenvalue weighted by Crippen LogP contribution is 2.37. The van der Waals surface area contributed by atoms with Gasteiger partial charge in [-0.05, 0) is 30.3 Å². The third kappa shape index (κ3) is 2.25. The normalized spacial score (nSPS) is 12.4. The Morgan fingerprint density at radius 3 is 2.81 bits per heavy atom. The number of furan rings is 1. The lowest BCUT2D eigenvalue weighted by atomic mass is 10.1. The van der Waals surface area contributed by atoms with Gasteiger partial charge in [0.05, 0.1) is 13.4 Å². The van der Waals surface area contributed by atoms with Crippen LogP contribution < -0.4 is 4.74 Å². The van der Waals surface area contributed by atoms with Crippen LogP contribution in [0.1, 0.15) is 16.2 Å². The van der Waals surface area contributed by atoms with Crippen LogP contribution in [0.15, 0.2) is 41.0 Å². The summed E-state index contributed by atoms with van der Waals surface area (Å²) in [6, 6.07) is 9.25. The van der Waals surface area contributed by atoms with E-state index in [9.17, 15) is 0 Å². The first-order valence-corrected chi connectivity index (χ1v) is 6.02. The van der Waals surface area contributed by atoms with Gasteiger partial charge in [-0.2, -0.15) is 0 Å². The van der Waals surface area contributed by atoms with E-state index in [2.05, 4.69) is 15.9 Å². The molecular weight excluding hydrogens is 291 g/mol. The largest absolute Gasteiger partial charge is 0.496 e. The van der Waals surface area contributed by atoms with Crippen molar-refractivity contribution in [3.63, 3.8) is 0 Å². The Kier molecular flexibility index (Phi) is 3.56. The van der Waals surface area contributed by atoms with Gasteiger partial charge in [-0.15, -0.1) is 0 Å². The van der Waals surface area contributed by atoms with E-state index >= 15 is 0 Å². The van der Waals surface area contributed by atoms with E-state index in [0.717, 1.165) is 17.1 Å². The fraction of sp³-hybridized carbons (Fsp3) is 0.167. The molecule has 16 heavy (non-hydrogen) atoms. The van der Waals surface area contributed by atoms with Crippen molar-refractivity contribution in [1.82, 2.24) is 0 Å². The average molecular weight is 302 g/mol. The maximum Gasteiger partial charge on any atom is 0.123 e. The molecule has 0 N–H and O–H groups in total. The lowest BCUT2D eigenvalue weighted by molar-refractivity contribution is 0.408. The highest BCUT2D eigenvalue weighted by atomic mass is 79.9. The second-order valence-electron chi connectivity index (χ2n) is 3.26. The van der Waals surface area contributed by atoms with Gasteiger partial charge in [0, 0.05) is 10.6 Å². The number of hydrogen-bond donors (Lipinski definition) is 0. The first-order chi connectivity index (χ1) is 7.72. The van der Waals surface area contributed by atoms with Crippen LogP contribution in [-0.4, -0.2) is 7.11 Å². The number of hydrogen-bond acceptors (Lipinski definition) is 2. The van der Waals surface area contributed by atoms with E-state index < -0.39 is 0 Å². The molecule has 1 atom stereocenters. The molecule has 0 spiro atoms. The highest BCUT2D eigenvalue weighted by Gasteiger charge is 2.17. The van der Waals surface area contributed by atoms with Crippen LogP contribution in [-0.2, 0) is 0 Å². The molecule has 2 aromatic rings. The van der Waals surface area contributed by atoms with Crippen molar-refractivity contribution in [2.24, 2.45) is 0 Å². The molecule has 1 unspecified atom stereocenters. The van der Waals surface area contributed by atoms with Gasteiger partial charge >= 0.3 is 0 Å². The number of halogens is 2. The van der Waals surface area contributed by atoms with Crippen molar-refractivity contribution in [2.75, 3.05) is 7.11 Å². The topological polar surface area (TPSA) is 22.4 Å². The summed E-state index contributed by atoms with van der Waals surface area (Å²) in [5, 5.41) is 0.673. The zero-order chi connectivity index (χ0) is 11.5. The molecule has 0 saturated heterocycles. The van der Waals surface area contributed by atoms with Crippen LogP contribution in [0.2, 0.25) is 5.02 Å². The Balaban J connectivity index is 2.42. The van der Waals surface area contributed by atoms with Crippen LogP contribution in [0.5, 0.6) is 5.75 Å². The Labute approximate surface area is 107 Å². The quantitative estimate of drug-likeness (QED) is 0.783. The summed E-state index contributed by atoms with van der Waals surface area (Å²) < 4.78 is 10.6. The summed E-state index contributed by atoms with van der Waals surface area (Å²) in [6.07, 6.45) is 1.64. The van der Waals surface area contributed by atoms with Gasteiger partial charge in [0.25, 0.3) is 0 Å². The number of rotatable bonds is 3. The molecule has 0 radical (unpaired) electrons. The van der Waals surface area contributed by atoms with Gasteiger partial charge in [0.2, 0.25) is 0 Å². The number of benzene rings is 1. The SMILES string of the molecule is COc1ccc(Cl)cc1C(Br)c1ccco1. The van der Waals surface area contributed by atoms with Gasteiger partial charge in [-0.1, -0.05) is 27.5 Å². The fourth-order valence-electron chi connectivity index (χ4n) is 1.49. The molecule has 0 saturated carbocycles. The molecule has 84 valence electrons. The lowest BCUT2D eigenvalue weighted by Gasteiger charge is -2.12. The molecule has 1 aromatic carbocycles. The minimum atomic E-state index is -0.0591. The first-order valence-electron chi connectivity index (χ1n) is 4.73. The molecular formula is C12H10BrClO2. The predicted octanol–water partition coefficient (Wildman–Crippen LogP) is 4.43. The van der Waals surface area contributed by atoms with E-state index in [1.807, 2.05) is 24.3 Å². The van der Waals surface area contributed by atoms with Crippen LogP contribution >= 0.6 is 27.5 Å². The van der Waals surface area contributed by atoms with Crippen molar-refractivity contribution in [3.05, 3.63) is 52.9 Å². The summed E-state index contributed by atoms with van der Waals surface area (Å²) in [5.74, 6) is 1.60. The third-order valence-corrected chi connectivity index (χ3v) is 3.44. The molecule has 2 rings (SSSR count). The number of ether oxygens (including phenoxy) is 1. The Morgan fingerprint density at radius 2 is 2.19 bits per heavy atom. The molecule has 0 aliphatic carbocycles. The minimum Gasteiger partial charge on any atom is -0.496 e. The molecule has 0 amide bonds. The van der Waals surface area contributed by atoms with Crippen molar-refractivity contribution < 1.29 is 9.15 Å². The van der Waals surface area contributed by atoms with E-state index in [0.29, 0.717) is 5.02 Å². The first kappa shape index (κ1) is 11.6. The molecule has 2 nitrogen and oxygen atoms in total. The zero-order valence-electron chi connectivity index (χ0n) is 8.61. The third-order valence-electron chi connectivity index (χ3n) is 2.26. The summed E-state index contributed by atoms with van der Waals surface area (Å²) in [4.78, 5) is -0.0591. The lowest BCUT2D eigenvalue weighted by Crippen LogP contribution is -1.95. The molecule has 0 fully saturated rings. The summed E-state index contributed by atoms with van der Waals surface area (Å²) in [7, 11) is 1.63. The Morgan fingerprint density at radius 1 is 1.38 bits per heavy atom. The van der Waals surface area contributed by atoms with E-state index in [-0.39, 0.29) is 4.83 Å². The maximum atomic E-state index is 5.97. The molecule has 0 aliphatic rings. The van der Waals surface area contributed by atoms with E-state index in [4.69, 9.17) is 20.8 Å². The summed E-state index contributed by atoms with van der Waals surface area (Å²) in [6.45, 7) is 0. The maximum absolute atomic E-state index is 5.97. The predicted molar refractivity (Wildman–Crippen MR) is 67.5 cm³/mol. The molecule has 1 heterocycles. The fourth-order valence-corrected chi connectivity index (χ4v) is 2.29. The van der Waals surface area contributed by atoms with E-state index in [1.54, 1.807) is 19.4 Å². The highest BCUT2D eigenvalue weighted by molar-refractivity contribution is 9.09. The average Bonchev–Trinajstić information content (AvgIpc) is 2.81. The van der Waals surface area contributed by atoms with Crippen molar-refractivity contribution >= 4 is 27.5 Å². The van der Waals surface area contributed by atoms with Crippen LogP contribution in [0, 0.1) is 0 Å². The van der Waals surface area contributed by atoms with Gasteiger partial charge in [0.1, 0.15) is 16.3 Å². The van der Waals surface area contributed by atoms with Crippen LogP contribution in [0.3, 0.4) is 0 Å². The smallest absolute Gasteiger partial charge is 0.123 e. The van der Waals surface area contributed by atoms with Crippen molar-refractivity contribution in [2.45, 2.75) is 4.83 Å². The summed E-state index contributed by atoms with van der Waals surface area (Å²) in [5.41, 5.74) is 0.949. The standard InChI is InChI=1S/C12H10BrClO2/c1-15-10-5-4-8(14)7-9(10)12(13)11-3-2-6-16-11/h2-7,12H,1H3. The molecule has 4 heteroatoms. The summed E-state index contributed by atoms with van der Waals surface area (Å²) >= 11 is 9.54. The van der Waals surface area contributed by atoms with Crippen molar-refractivity contribution in [1.29, 1.82) is 0 Å². The van der Waals surface area contributed by atoms with Crippen LogP contribution in [0.4, 0.5) is 0 Å². The van der Waals surface area contributed by atoms with Crippen LogP contribution in [0.25, 0.3) is 0 Å². The zero-order valence-corrected chi connectivity index (χ0v) is 11.0. The van der Waals surface area contributed by atoms with Gasteiger partial charge in [-0.3, -0.25) is 0 Å². The minimum absolute atomic E-state index is 0.0591. The number of methoxy groups -OCH3 is 1. The second kappa shape index (κ2) is 4.93. The Hall–Kier alpha value is -0.930. The van der Waals surface area contributed by atoms with Gasteiger partial charge in [-0.25, -0.2) is 0 Å². The molecule has 0 bridgehead atoms. The second-order valence-corrected chi connectivity index (χ2v) is 4.62. The Bertz CT molecular complexity index is 468. The molecule has 0 aliphatic heterocycles. The van der Waals surface area contributed by atoms with Gasteiger partial charge in [0.15, 0.2) is 0 Å². The van der Waals surface area contributed by atoms with Crippen molar-refractivity contribution in [3.8, 4) is 5.75 Å². The number of alkyl halides is 1. The van der Waals surface area contributed by atoms with E-state index in [1.165, 1.54) is 0 Å².